The summed E-state index contributed by atoms with van der Waals surface area (Å²) in [6.45, 7) is 9.23. The zero-order valence-corrected chi connectivity index (χ0v) is 9.24. The maximum atomic E-state index is 8.61. The molecular weight excluding hydrogens is 182 g/mol. The third-order valence-electron chi connectivity index (χ3n) is 2.12. The number of hydrogen-bond acceptors (Lipinski definition) is 3. The quantitative estimate of drug-likeness (QED) is 0.260. The fourth-order valence-corrected chi connectivity index (χ4v) is 2.01. The van der Waals surface area contributed by atoms with E-state index in [2.05, 4.69) is 5.16 Å². The summed E-state index contributed by atoms with van der Waals surface area (Å²) in [6.07, 6.45) is 0. The third-order valence-corrected chi connectivity index (χ3v) is 2.12. The second-order valence-electron chi connectivity index (χ2n) is 4.94. The van der Waals surface area contributed by atoms with E-state index >= 15 is 0 Å². The molecule has 1 saturated heterocycles. The van der Waals surface area contributed by atoms with Gasteiger partial charge in [-0.2, -0.15) is 0 Å². The predicted octanol–water partition coefficient (Wildman–Crippen LogP) is 0.580. The normalized spacial score (nSPS) is 26.3. The lowest BCUT2D eigenvalue weighted by Gasteiger charge is -2.47. The summed E-state index contributed by atoms with van der Waals surface area (Å²) in [5.41, 5.74) is 5.00. The fraction of sp³-hybridized carbons (Fsp3) is 0.889. The van der Waals surface area contributed by atoms with Gasteiger partial charge in [0.15, 0.2) is 0 Å². The third kappa shape index (κ3) is 2.51. The van der Waals surface area contributed by atoms with Gasteiger partial charge in [0.2, 0.25) is 5.96 Å². The molecule has 0 spiro atoms. The van der Waals surface area contributed by atoms with E-state index in [1.807, 2.05) is 32.6 Å². The number of oxime groups is 1. The predicted molar refractivity (Wildman–Crippen MR) is 54.2 cm³/mol. The average Bonchev–Trinajstić information content (AvgIpc) is 1.97. The summed E-state index contributed by atoms with van der Waals surface area (Å²) in [5.74, 6) is 0.148. The van der Waals surface area contributed by atoms with Crippen LogP contribution in [-0.4, -0.2) is 40.4 Å². The molecule has 0 aromatic carbocycles. The Morgan fingerprint density at radius 3 is 2.07 bits per heavy atom. The molecule has 82 valence electrons. The average molecular weight is 201 g/mol. The number of ether oxygens (including phenoxy) is 1. The molecule has 1 aliphatic heterocycles. The first-order valence-corrected chi connectivity index (χ1v) is 4.68. The Balaban J connectivity index is 2.82. The van der Waals surface area contributed by atoms with Crippen molar-refractivity contribution in [3.63, 3.8) is 0 Å². The molecule has 5 nitrogen and oxygen atoms in total. The molecule has 0 aromatic heterocycles. The second-order valence-corrected chi connectivity index (χ2v) is 4.94. The standard InChI is InChI=1S/C9H19N3O2/c1-8(2)5-12(7(10)11-13)6-9(3,4)14-8/h13H,5-6H2,1-4H3,(H2,10,11). The molecule has 0 atom stereocenters. The van der Waals surface area contributed by atoms with Crippen LogP contribution in [-0.2, 0) is 4.74 Å². The van der Waals surface area contributed by atoms with Gasteiger partial charge in [-0.15, -0.1) is 0 Å². The zero-order valence-electron chi connectivity index (χ0n) is 9.24. The van der Waals surface area contributed by atoms with Crippen molar-refractivity contribution in [2.24, 2.45) is 10.9 Å². The van der Waals surface area contributed by atoms with E-state index in [1.54, 1.807) is 0 Å². The van der Waals surface area contributed by atoms with Gasteiger partial charge in [-0.25, -0.2) is 0 Å². The molecule has 0 bridgehead atoms. The Hall–Kier alpha value is -0.970. The van der Waals surface area contributed by atoms with Gasteiger partial charge in [-0.05, 0) is 27.7 Å². The van der Waals surface area contributed by atoms with Crippen LogP contribution in [0, 0.1) is 0 Å². The number of nitrogens with zero attached hydrogens (tertiary/aromatic N) is 2. The highest BCUT2D eigenvalue weighted by Gasteiger charge is 2.38. The minimum absolute atomic E-state index is 0.148. The monoisotopic (exact) mass is 201 g/mol. The molecule has 1 heterocycles. The maximum absolute atomic E-state index is 8.61. The summed E-state index contributed by atoms with van der Waals surface area (Å²) in [7, 11) is 0. The summed E-state index contributed by atoms with van der Waals surface area (Å²) in [5, 5.41) is 11.6. The van der Waals surface area contributed by atoms with Gasteiger partial charge in [0.1, 0.15) is 0 Å². The van der Waals surface area contributed by atoms with E-state index in [4.69, 9.17) is 15.7 Å². The molecule has 1 aliphatic rings. The number of rotatable bonds is 0. The van der Waals surface area contributed by atoms with Crippen molar-refractivity contribution in [3.8, 4) is 0 Å². The van der Waals surface area contributed by atoms with Gasteiger partial charge >= 0.3 is 0 Å². The Morgan fingerprint density at radius 2 is 1.71 bits per heavy atom. The van der Waals surface area contributed by atoms with E-state index < -0.39 is 0 Å². The van der Waals surface area contributed by atoms with E-state index in [9.17, 15) is 0 Å². The van der Waals surface area contributed by atoms with Crippen molar-refractivity contribution in [1.29, 1.82) is 0 Å². The van der Waals surface area contributed by atoms with Crippen molar-refractivity contribution >= 4 is 5.96 Å². The van der Waals surface area contributed by atoms with Gasteiger partial charge in [0, 0.05) is 13.1 Å². The van der Waals surface area contributed by atoms with E-state index in [1.165, 1.54) is 0 Å². The highest BCUT2D eigenvalue weighted by atomic mass is 16.5. The molecule has 0 aliphatic carbocycles. The van der Waals surface area contributed by atoms with Crippen molar-refractivity contribution < 1.29 is 9.94 Å². The van der Waals surface area contributed by atoms with Crippen LogP contribution in [0.2, 0.25) is 0 Å². The van der Waals surface area contributed by atoms with Crippen LogP contribution in [0.25, 0.3) is 0 Å². The number of hydrogen-bond donors (Lipinski definition) is 2. The van der Waals surface area contributed by atoms with Gasteiger partial charge in [0.25, 0.3) is 0 Å². The topological polar surface area (TPSA) is 71.1 Å². The summed E-state index contributed by atoms with van der Waals surface area (Å²) >= 11 is 0. The Kier molecular flexibility index (Phi) is 2.63. The first-order chi connectivity index (χ1) is 6.26. The van der Waals surface area contributed by atoms with Crippen molar-refractivity contribution in [2.75, 3.05) is 13.1 Å². The smallest absolute Gasteiger partial charge is 0.233 e. The van der Waals surface area contributed by atoms with Crippen molar-refractivity contribution in [3.05, 3.63) is 0 Å². The van der Waals surface area contributed by atoms with Crippen LogP contribution >= 0.6 is 0 Å². The first-order valence-electron chi connectivity index (χ1n) is 4.68. The Bertz CT molecular complexity index is 232. The van der Waals surface area contributed by atoms with Gasteiger partial charge in [0.05, 0.1) is 11.2 Å². The minimum atomic E-state index is -0.281. The zero-order chi connectivity index (χ0) is 11.0. The fourth-order valence-electron chi connectivity index (χ4n) is 2.01. The van der Waals surface area contributed by atoms with Crippen LogP contribution in [0.4, 0.5) is 0 Å². The largest absolute Gasteiger partial charge is 0.408 e. The van der Waals surface area contributed by atoms with Crippen molar-refractivity contribution in [2.45, 2.75) is 38.9 Å². The number of guanidine groups is 1. The minimum Gasteiger partial charge on any atom is -0.408 e. The molecule has 5 heteroatoms. The summed E-state index contributed by atoms with van der Waals surface area (Å²) < 4.78 is 5.85. The van der Waals surface area contributed by atoms with Gasteiger partial charge in [-0.1, -0.05) is 5.16 Å². The van der Waals surface area contributed by atoms with Crippen LogP contribution < -0.4 is 5.73 Å². The molecule has 3 N–H and O–H groups in total. The lowest BCUT2D eigenvalue weighted by molar-refractivity contribution is -0.167. The lowest BCUT2D eigenvalue weighted by atomic mass is 9.99. The molecular formula is C9H19N3O2. The number of morpholine rings is 1. The Morgan fingerprint density at radius 1 is 1.29 bits per heavy atom. The molecule has 0 unspecified atom stereocenters. The van der Waals surface area contributed by atoms with Crippen LogP contribution in [0.3, 0.4) is 0 Å². The summed E-state index contributed by atoms with van der Waals surface area (Å²) in [6, 6.07) is 0. The molecule has 1 rings (SSSR count). The lowest BCUT2D eigenvalue weighted by Crippen LogP contribution is -2.60. The maximum Gasteiger partial charge on any atom is 0.233 e. The van der Waals surface area contributed by atoms with E-state index in [0.717, 1.165) is 0 Å². The SMILES string of the molecule is CC1(C)CN(C(N)=NO)CC(C)(C)O1. The first kappa shape index (κ1) is 11.1. The molecule has 0 amide bonds. The van der Waals surface area contributed by atoms with Crippen LogP contribution in [0.5, 0.6) is 0 Å². The molecule has 14 heavy (non-hydrogen) atoms. The number of nitrogens with two attached hydrogens (primary N) is 1. The Labute approximate surface area is 84.5 Å². The van der Waals surface area contributed by atoms with E-state index in [0.29, 0.717) is 13.1 Å². The van der Waals surface area contributed by atoms with Crippen LogP contribution in [0.1, 0.15) is 27.7 Å². The summed E-state index contributed by atoms with van der Waals surface area (Å²) in [4.78, 5) is 1.82. The molecule has 0 radical (unpaired) electrons. The van der Waals surface area contributed by atoms with Crippen LogP contribution in [0.15, 0.2) is 5.16 Å². The second kappa shape index (κ2) is 3.31. The highest BCUT2D eigenvalue weighted by molar-refractivity contribution is 5.77. The van der Waals surface area contributed by atoms with Gasteiger partial charge in [-0.3, -0.25) is 0 Å². The molecule has 0 aromatic rings. The van der Waals surface area contributed by atoms with Crippen molar-refractivity contribution in [1.82, 2.24) is 4.90 Å². The van der Waals surface area contributed by atoms with Gasteiger partial charge < -0.3 is 20.6 Å². The molecule has 0 saturated carbocycles. The molecule has 1 fully saturated rings. The highest BCUT2D eigenvalue weighted by Crippen LogP contribution is 2.27. The van der Waals surface area contributed by atoms with E-state index in [-0.39, 0.29) is 17.2 Å².